The Morgan fingerprint density at radius 3 is 1.08 bits per heavy atom. The van der Waals surface area contributed by atoms with Gasteiger partial charge < -0.3 is 9.80 Å². The average Bonchev–Trinajstić information content (AvgIpc) is 3.32. The van der Waals surface area contributed by atoms with Gasteiger partial charge >= 0.3 is 0 Å². The fourth-order valence-electron chi connectivity index (χ4n) is 8.53. The molecule has 64 heavy (non-hydrogen) atoms. The molecule has 0 radical (unpaired) electrons. The summed E-state index contributed by atoms with van der Waals surface area (Å²) in [7, 11) is 0. The van der Waals surface area contributed by atoms with E-state index >= 15 is 17.6 Å². The van der Waals surface area contributed by atoms with Gasteiger partial charge in [0.15, 0.2) is 0 Å². The van der Waals surface area contributed by atoms with Gasteiger partial charge in [0, 0.05) is 56.5 Å². The molecule has 0 heterocycles. The van der Waals surface area contributed by atoms with Crippen LogP contribution in [0.3, 0.4) is 0 Å². The summed E-state index contributed by atoms with van der Waals surface area (Å²) in [6.07, 6.45) is 0. The highest BCUT2D eigenvalue weighted by atomic mass is 19.1. The minimum absolute atomic E-state index is 0.104. The summed E-state index contributed by atoms with van der Waals surface area (Å²) < 4.78 is 95.4. The van der Waals surface area contributed by atoms with Gasteiger partial charge in [-0.25, -0.2) is 26.3 Å². The summed E-state index contributed by atoms with van der Waals surface area (Å²) >= 11 is 0. The van der Waals surface area contributed by atoms with Crippen LogP contribution >= 0.6 is 0 Å². The van der Waals surface area contributed by atoms with Crippen LogP contribution in [0.25, 0.3) is 54.6 Å². The van der Waals surface area contributed by atoms with Crippen molar-refractivity contribution in [3.8, 4) is 34.4 Å². The monoisotopic (exact) mass is 846 g/mol. The maximum Gasteiger partial charge on any atom is 0.148 e. The number of anilines is 6. The number of nitrogens with zero attached hydrogens (tertiary/aromatic N) is 4. The highest BCUT2D eigenvalue weighted by molar-refractivity contribution is 6.28. The largest absolute Gasteiger partial charge is 0.307 e. The van der Waals surface area contributed by atoms with Gasteiger partial charge in [-0.1, -0.05) is 72.8 Å². The smallest absolute Gasteiger partial charge is 0.148 e. The Hall–Kier alpha value is -8.60. The van der Waals surface area contributed by atoms with Gasteiger partial charge in [-0.3, -0.25) is 0 Å². The van der Waals surface area contributed by atoms with Crippen LogP contribution in [0, 0.1) is 57.6 Å². The molecule has 0 aliphatic heterocycles. The Bertz CT molecular complexity index is 3320. The lowest BCUT2D eigenvalue weighted by Crippen LogP contribution is -2.14. The van der Waals surface area contributed by atoms with Crippen LogP contribution in [0.2, 0.25) is 0 Å². The Morgan fingerprint density at radius 1 is 0.328 bits per heavy atom. The van der Waals surface area contributed by atoms with E-state index in [4.69, 9.17) is 0 Å². The summed E-state index contributed by atoms with van der Waals surface area (Å²) in [6, 6.07) is 46.7. The van der Waals surface area contributed by atoms with Crippen LogP contribution < -0.4 is 9.80 Å². The third kappa shape index (κ3) is 6.57. The average molecular weight is 847 g/mol. The van der Waals surface area contributed by atoms with Crippen molar-refractivity contribution in [3.05, 3.63) is 216 Å². The van der Waals surface area contributed by atoms with Crippen molar-refractivity contribution < 1.29 is 26.3 Å². The van der Waals surface area contributed by atoms with Crippen molar-refractivity contribution in [2.45, 2.75) is 0 Å². The van der Waals surface area contributed by atoms with E-state index in [2.05, 4.69) is 12.1 Å². The molecule has 10 heteroatoms. The van der Waals surface area contributed by atoms with E-state index in [1.807, 2.05) is 36.4 Å². The summed E-state index contributed by atoms with van der Waals surface area (Å²) in [5, 5.41) is 23.4. The van der Waals surface area contributed by atoms with Crippen molar-refractivity contribution >= 4 is 66.4 Å². The normalized spacial score (nSPS) is 11.2. The minimum Gasteiger partial charge on any atom is -0.307 e. The number of hydrogen-bond donors (Lipinski definition) is 0. The van der Waals surface area contributed by atoms with Crippen molar-refractivity contribution in [1.29, 1.82) is 10.5 Å². The van der Waals surface area contributed by atoms with Gasteiger partial charge in [0.25, 0.3) is 0 Å². The van der Waals surface area contributed by atoms with E-state index in [0.717, 1.165) is 45.8 Å². The predicted octanol–water partition coefficient (Wildman–Crippen LogP) is 15.4. The van der Waals surface area contributed by atoms with E-state index in [1.54, 1.807) is 60.7 Å². The molecule has 0 aliphatic carbocycles. The van der Waals surface area contributed by atoms with Crippen molar-refractivity contribution in [2.24, 2.45) is 0 Å². The summed E-state index contributed by atoms with van der Waals surface area (Å²) in [6.45, 7) is 0. The molecule has 0 saturated carbocycles. The first-order valence-corrected chi connectivity index (χ1v) is 19.9. The number of hydrogen-bond acceptors (Lipinski definition) is 4. The molecule has 0 bridgehead atoms. The molecule has 0 aromatic heterocycles. The molecule has 10 aromatic carbocycles. The fraction of sp³-hybridized carbons (Fsp3) is 0. The van der Waals surface area contributed by atoms with Gasteiger partial charge in [0.1, 0.15) is 34.9 Å². The van der Waals surface area contributed by atoms with E-state index in [-0.39, 0.29) is 33.6 Å². The topological polar surface area (TPSA) is 54.1 Å². The number of nitriles is 2. The summed E-state index contributed by atoms with van der Waals surface area (Å²) in [5.74, 6) is -4.84. The molecule has 0 saturated heterocycles. The zero-order valence-electron chi connectivity index (χ0n) is 33.2. The Labute approximate surface area is 362 Å². The third-order valence-electron chi connectivity index (χ3n) is 11.5. The van der Waals surface area contributed by atoms with Crippen LogP contribution in [0.4, 0.5) is 60.5 Å². The van der Waals surface area contributed by atoms with E-state index < -0.39 is 34.9 Å². The molecule has 0 atom stereocenters. The molecule has 0 spiro atoms. The quantitative estimate of drug-likeness (QED) is 0.113. The first kappa shape index (κ1) is 39.5. The number of halogens is 6. The Kier molecular flexibility index (Phi) is 9.70. The summed E-state index contributed by atoms with van der Waals surface area (Å²) in [4.78, 5) is 3.08. The van der Waals surface area contributed by atoms with Gasteiger partial charge in [-0.15, -0.1) is 0 Å². The van der Waals surface area contributed by atoms with Gasteiger partial charge in [-0.2, -0.15) is 10.5 Å². The number of rotatable bonds is 8. The second-order valence-electron chi connectivity index (χ2n) is 15.1. The zero-order valence-corrected chi connectivity index (χ0v) is 33.2. The van der Waals surface area contributed by atoms with Crippen molar-refractivity contribution in [2.75, 3.05) is 9.80 Å². The third-order valence-corrected chi connectivity index (χ3v) is 11.5. The van der Waals surface area contributed by atoms with Crippen molar-refractivity contribution in [3.63, 3.8) is 0 Å². The van der Waals surface area contributed by atoms with Crippen LogP contribution in [0.5, 0.6) is 0 Å². The second-order valence-corrected chi connectivity index (χ2v) is 15.1. The molecule has 0 aliphatic rings. The van der Waals surface area contributed by atoms with Crippen LogP contribution in [0.15, 0.2) is 170 Å². The second kappa shape index (κ2) is 15.7. The maximum atomic E-state index is 16.6. The van der Waals surface area contributed by atoms with E-state index in [9.17, 15) is 19.3 Å². The molecule has 0 amide bonds. The van der Waals surface area contributed by atoms with Gasteiger partial charge in [-0.05, 0) is 106 Å². The van der Waals surface area contributed by atoms with Gasteiger partial charge in [0.2, 0.25) is 0 Å². The Morgan fingerprint density at radius 2 is 0.703 bits per heavy atom. The highest BCUT2D eigenvalue weighted by Gasteiger charge is 2.27. The lowest BCUT2D eigenvalue weighted by molar-refractivity contribution is 0.599. The first-order valence-electron chi connectivity index (χ1n) is 19.9. The molecule has 306 valence electrons. The molecule has 4 nitrogen and oxygen atoms in total. The first-order chi connectivity index (χ1) is 31.1. The van der Waals surface area contributed by atoms with Crippen LogP contribution in [-0.2, 0) is 0 Å². The molecule has 10 rings (SSSR count). The Balaban J connectivity index is 1.20. The number of benzene rings is 10. The fourth-order valence-corrected chi connectivity index (χ4v) is 8.53. The predicted molar refractivity (Wildman–Crippen MR) is 240 cm³/mol. The maximum absolute atomic E-state index is 16.6. The van der Waals surface area contributed by atoms with E-state index in [1.165, 1.54) is 58.3 Å². The SMILES string of the molecule is N#Cc1ccc(N(c2cc(F)c(-c3ccccc3F)cc2F)c2ccc3ccc4c(N(c5ccc(C#N)cc5)c5cc(F)c(-c6ccccc6F)cc5F)ccc5ccc2c3c54)cc1. The van der Waals surface area contributed by atoms with Gasteiger partial charge in [0.05, 0.1) is 46.0 Å². The highest BCUT2D eigenvalue weighted by Crippen LogP contribution is 2.49. The lowest BCUT2D eigenvalue weighted by atomic mass is 9.91. The minimum atomic E-state index is -0.865. The molecule has 0 fully saturated rings. The van der Waals surface area contributed by atoms with Crippen molar-refractivity contribution in [1.82, 2.24) is 0 Å². The standard InChI is InChI=1S/C54H28F6N4/c55-43-7-3-1-5-37(43)41-25-47(59)51(27-45(41)57)63(35-17-9-31(29-61)10-18-35)49-23-15-33-14-22-40-50(24-16-34-13-21-39(49)53(33)54(34)40)64(36-19-11-32(30-62)12-20-36)52-28-46(58)42(26-48(52)60)38-6-2-4-8-44(38)56/h1-28H. The molecular weight excluding hydrogens is 819 g/mol. The molecular formula is C54H28F6N4. The lowest BCUT2D eigenvalue weighted by Gasteiger charge is -2.30. The molecule has 0 unspecified atom stereocenters. The van der Waals surface area contributed by atoms with Crippen LogP contribution in [-0.4, -0.2) is 0 Å². The van der Waals surface area contributed by atoms with Crippen LogP contribution in [0.1, 0.15) is 11.1 Å². The molecule has 10 aromatic rings. The molecule has 0 N–H and O–H groups in total. The summed E-state index contributed by atoms with van der Waals surface area (Å²) in [5.41, 5.74) is 1.29. The zero-order chi connectivity index (χ0) is 44.2. The van der Waals surface area contributed by atoms with E-state index in [0.29, 0.717) is 44.6 Å².